The number of hydrogen-bond donors (Lipinski definition) is 0. The molecule has 9 heavy (non-hydrogen) atoms. The summed E-state index contributed by atoms with van der Waals surface area (Å²) in [6.45, 7) is 0.985. The summed E-state index contributed by atoms with van der Waals surface area (Å²) >= 11 is 0. The van der Waals surface area contributed by atoms with Crippen molar-refractivity contribution in [3.05, 3.63) is 0 Å². The van der Waals surface area contributed by atoms with Gasteiger partial charge in [0.15, 0.2) is 0 Å². The monoisotopic (exact) mass is 125 g/mol. The molecule has 1 saturated carbocycles. The van der Waals surface area contributed by atoms with E-state index in [4.69, 9.17) is 0 Å². The third-order valence-corrected chi connectivity index (χ3v) is 2.58. The maximum atomic E-state index is 11.2. The van der Waals surface area contributed by atoms with E-state index >= 15 is 0 Å². The molecule has 1 aliphatic carbocycles. The first-order valence-corrected chi connectivity index (χ1v) is 3.50. The standard InChI is InChI=1S/C7H11NO/c1-8-5-4-7(2-3-7)6(8)9/h2-5H2,1H3. The predicted molar refractivity (Wildman–Crippen MR) is 33.9 cm³/mol. The van der Waals surface area contributed by atoms with Crippen molar-refractivity contribution in [3.8, 4) is 0 Å². The molecule has 1 amide bonds. The summed E-state index contributed by atoms with van der Waals surface area (Å²) in [4.78, 5) is 13.1. The molecule has 0 aromatic carbocycles. The van der Waals surface area contributed by atoms with E-state index in [2.05, 4.69) is 0 Å². The Labute approximate surface area is 54.8 Å². The molecule has 50 valence electrons. The van der Waals surface area contributed by atoms with Gasteiger partial charge in [-0.05, 0) is 19.3 Å². The minimum absolute atomic E-state index is 0.161. The molecule has 0 bridgehead atoms. The minimum atomic E-state index is 0.161. The van der Waals surface area contributed by atoms with E-state index in [1.54, 1.807) is 0 Å². The molecule has 2 nitrogen and oxygen atoms in total. The van der Waals surface area contributed by atoms with Gasteiger partial charge in [-0.1, -0.05) is 0 Å². The topological polar surface area (TPSA) is 20.3 Å². The van der Waals surface area contributed by atoms with Crippen LogP contribution in [-0.2, 0) is 4.79 Å². The second kappa shape index (κ2) is 1.31. The van der Waals surface area contributed by atoms with Crippen LogP contribution in [0.4, 0.5) is 0 Å². The van der Waals surface area contributed by atoms with Crippen molar-refractivity contribution in [2.45, 2.75) is 19.3 Å². The fourth-order valence-electron chi connectivity index (χ4n) is 1.61. The minimum Gasteiger partial charge on any atom is -0.345 e. The zero-order chi connectivity index (χ0) is 6.48. The lowest BCUT2D eigenvalue weighted by Crippen LogP contribution is -2.22. The van der Waals surface area contributed by atoms with Crippen molar-refractivity contribution in [2.75, 3.05) is 13.6 Å². The molecular weight excluding hydrogens is 114 g/mol. The Bertz CT molecular complexity index is 160. The third-order valence-electron chi connectivity index (χ3n) is 2.58. The Hall–Kier alpha value is -0.530. The van der Waals surface area contributed by atoms with E-state index in [0.29, 0.717) is 5.91 Å². The van der Waals surface area contributed by atoms with Gasteiger partial charge in [0.1, 0.15) is 0 Å². The van der Waals surface area contributed by atoms with Crippen LogP contribution in [0.2, 0.25) is 0 Å². The Morgan fingerprint density at radius 2 is 2.11 bits per heavy atom. The highest BCUT2D eigenvalue weighted by Gasteiger charge is 2.54. The maximum Gasteiger partial charge on any atom is 0.228 e. The molecule has 0 atom stereocenters. The average molecular weight is 125 g/mol. The molecule has 0 aromatic rings. The summed E-state index contributed by atoms with van der Waals surface area (Å²) in [5.74, 6) is 0.391. The molecule has 2 rings (SSSR count). The van der Waals surface area contributed by atoms with E-state index in [1.807, 2.05) is 11.9 Å². The van der Waals surface area contributed by atoms with Crippen molar-refractivity contribution >= 4 is 5.91 Å². The normalized spacial score (nSPS) is 29.9. The molecule has 2 fully saturated rings. The molecule has 0 unspecified atom stereocenters. The number of carbonyl (C=O) groups is 1. The van der Waals surface area contributed by atoms with Crippen LogP contribution in [0, 0.1) is 5.41 Å². The van der Waals surface area contributed by atoms with Crippen LogP contribution in [0.3, 0.4) is 0 Å². The Balaban J connectivity index is 2.22. The molecule has 1 saturated heterocycles. The lowest BCUT2D eigenvalue weighted by atomic mass is 10.1. The van der Waals surface area contributed by atoms with E-state index in [9.17, 15) is 4.79 Å². The average Bonchev–Trinajstić information content (AvgIpc) is 2.57. The van der Waals surface area contributed by atoms with E-state index in [1.165, 1.54) is 0 Å². The van der Waals surface area contributed by atoms with Gasteiger partial charge >= 0.3 is 0 Å². The first-order chi connectivity index (χ1) is 4.25. The Kier molecular flexibility index (Phi) is 0.765. The van der Waals surface area contributed by atoms with Crippen LogP contribution in [0.5, 0.6) is 0 Å². The van der Waals surface area contributed by atoms with Crippen molar-refractivity contribution in [1.82, 2.24) is 4.90 Å². The SMILES string of the molecule is CN1CCC2(CC2)C1=O. The van der Waals surface area contributed by atoms with Crippen LogP contribution >= 0.6 is 0 Å². The van der Waals surface area contributed by atoms with Gasteiger partial charge in [-0.3, -0.25) is 4.79 Å². The number of carbonyl (C=O) groups excluding carboxylic acids is 1. The van der Waals surface area contributed by atoms with E-state index in [-0.39, 0.29) is 5.41 Å². The van der Waals surface area contributed by atoms with Crippen LogP contribution in [-0.4, -0.2) is 24.4 Å². The molecular formula is C7H11NO. The van der Waals surface area contributed by atoms with Gasteiger partial charge in [0, 0.05) is 13.6 Å². The number of hydrogen-bond acceptors (Lipinski definition) is 1. The number of likely N-dealkylation sites (tertiary alicyclic amines) is 1. The summed E-state index contributed by atoms with van der Waals surface area (Å²) in [7, 11) is 1.90. The zero-order valence-corrected chi connectivity index (χ0v) is 5.68. The molecule has 0 N–H and O–H groups in total. The Morgan fingerprint density at radius 1 is 1.44 bits per heavy atom. The van der Waals surface area contributed by atoms with Crippen LogP contribution in [0.15, 0.2) is 0 Å². The highest BCUT2D eigenvalue weighted by Crippen LogP contribution is 2.53. The number of nitrogens with zero attached hydrogens (tertiary/aromatic N) is 1. The second-order valence-electron chi connectivity index (χ2n) is 3.26. The molecule has 1 spiro atoms. The van der Waals surface area contributed by atoms with Crippen molar-refractivity contribution in [2.24, 2.45) is 5.41 Å². The Morgan fingerprint density at radius 3 is 2.33 bits per heavy atom. The summed E-state index contributed by atoms with van der Waals surface area (Å²) < 4.78 is 0. The summed E-state index contributed by atoms with van der Waals surface area (Å²) in [6.07, 6.45) is 3.41. The van der Waals surface area contributed by atoms with Crippen molar-refractivity contribution in [3.63, 3.8) is 0 Å². The highest BCUT2D eigenvalue weighted by molar-refractivity contribution is 5.87. The van der Waals surface area contributed by atoms with Crippen molar-refractivity contribution < 1.29 is 4.79 Å². The largest absolute Gasteiger partial charge is 0.345 e. The van der Waals surface area contributed by atoms with Crippen LogP contribution in [0.25, 0.3) is 0 Å². The predicted octanol–water partition coefficient (Wildman–Crippen LogP) is 0.629. The van der Waals surface area contributed by atoms with E-state index < -0.39 is 0 Å². The number of rotatable bonds is 0. The maximum absolute atomic E-state index is 11.2. The summed E-state index contributed by atoms with van der Waals surface area (Å²) in [5, 5.41) is 0. The first-order valence-electron chi connectivity index (χ1n) is 3.50. The highest BCUT2D eigenvalue weighted by atomic mass is 16.2. The summed E-state index contributed by atoms with van der Waals surface area (Å²) in [5.41, 5.74) is 0.161. The van der Waals surface area contributed by atoms with Gasteiger partial charge in [0.2, 0.25) is 5.91 Å². The fraction of sp³-hybridized carbons (Fsp3) is 0.857. The molecule has 2 aliphatic rings. The van der Waals surface area contributed by atoms with Crippen LogP contribution < -0.4 is 0 Å². The van der Waals surface area contributed by atoms with Gasteiger partial charge in [0.25, 0.3) is 0 Å². The summed E-state index contributed by atoms with van der Waals surface area (Å²) in [6, 6.07) is 0. The lowest BCUT2D eigenvalue weighted by molar-refractivity contribution is -0.130. The third kappa shape index (κ3) is 0.533. The van der Waals surface area contributed by atoms with Gasteiger partial charge in [0.05, 0.1) is 5.41 Å². The fourth-order valence-corrected chi connectivity index (χ4v) is 1.61. The first kappa shape index (κ1) is 5.27. The van der Waals surface area contributed by atoms with Crippen LogP contribution in [0.1, 0.15) is 19.3 Å². The number of amides is 1. The van der Waals surface area contributed by atoms with Gasteiger partial charge in [-0.15, -0.1) is 0 Å². The lowest BCUT2D eigenvalue weighted by Gasteiger charge is -2.06. The molecule has 1 aliphatic heterocycles. The van der Waals surface area contributed by atoms with E-state index in [0.717, 1.165) is 25.8 Å². The quantitative estimate of drug-likeness (QED) is 0.465. The second-order valence-corrected chi connectivity index (χ2v) is 3.26. The van der Waals surface area contributed by atoms with Gasteiger partial charge < -0.3 is 4.90 Å². The van der Waals surface area contributed by atoms with Gasteiger partial charge in [-0.2, -0.15) is 0 Å². The van der Waals surface area contributed by atoms with Gasteiger partial charge in [-0.25, -0.2) is 0 Å². The smallest absolute Gasteiger partial charge is 0.228 e. The molecule has 0 radical (unpaired) electrons. The molecule has 2 heteroatoms. The van der Waals surface area contributed by atoms with Crippen molar-refractivity contribution in [1.29, 1.82) is 0 Å². The molecule has 0 aromatic heterocycles. The molecule has 1 heterocycles. The zero-order valence-electron chi connectivity index (χ0n) is 5.68.